The summed E-state index contributed by atoms with van der Waals surface area (Å²) in [5, 5.41) is 12.3. The third-order valence-electron chi connectivity index (χ3n) is 0.917. The number of rotatable bonds is 1. The molecule has 0 unspecified atom stereocenters. The van der Waals surface area contributed by atoms with Gasteiger partial charge in [-0.25, -0.2) is 0 Å². The Morgan fingerprint density at radius 2 is 2.33 bits per heavy atom. The van der Waals surface area contributed by atoms with Crippen molar-refractivity contribution in [2.24, 2.45) is 0 Å². The highest BCUT2D eigenvalue weighted by atomic mass is 16.5. The number of aliphatic hydroxyl groups is 1. The van der Waals surface area contributed by atoms with Gasteiger partial charge in [0.05, 0.1) is 0 Å². The summed E-state index contributed by atoms with van der Waals surface area (Å²) in [6.45, 7) is 3.27. The molecule has 0 radical (unpaired) electrons. The number of nitrogens with zero attached hydrogens (tertiary/aromatic N) is 2. The molecule has 0 fully saturated rings. The minimum Gasteiger partial charge on any atom is -0.385 e. The Morgan fingerprint density at radius 3 is 2.56 bits per heavy atom. The molecule has 0 aromatic carbocycles. The van der Waals surface area contributed by atoms with Crippen LogP contribution in [0.2, 0.25) is 0 Å². The number of aryl methyl sites for hydroxylation is 1. The Morgan fingerprint density at radius 1 is 1.67 bits per heavy atom. The van der Waals surface area contributed by atoms with E-state index >= 15 is 0 Å². The molecule has 1 aromatic heterocycles. The van der Waals surface area contributed by atoms with Gasteiger partial charge in [0.1, 0.15) is 6.10 Å². The molecule has 50 valence electrons. The van der Waals surface area contributed by atoms with Crippen LogP contribution in [0.3, 0.4) is 0 Å². The molecule has 1 heterocycles. The first-order chi connectivity index (χ1) is 4.20. The monoisotopic (exact) mass is 128 g/mol. The van der Waals surface area contributed by atoms with Crippen molar-refractivity contribution in [3.05, 3.63) is 11.7 Å². The number of aliphatic hydroxyl groups excluding tert-OH is 1. The highest BCUT2D eigenvalue weighted by Crippen LogP contribution is 2.05. The highest BCUT2D eigenvalue weighted by Gasteiger charge is 2.06. The lowest BCUT2D eigenvalue weighted by Crippen LogP contribution is -1.92. The van der Waals surface area contributed by atoms with E-state index in [-0.39, 0.29) is 0 Å². The number of hydrogen-bond acceptors (Lipinski definition) is 4. The zero-order valence-electron chi connectivity index (χ0n) is 5.33. The second-order valence-electron chi connectivity index (χ2n) is 1.85. The first-order valence-corrected chi connectivity index (χ1v) is 2.68. The summed E-state index contributed by atoms with van der Waals surface area (Å²) in [6, 6.07) is 0. The molecule has 1 atom stereocenters. The van der Waals surface area contributed by atoms with Gasteiger partial charge in [-0.2, -0.15) is 4.98 Å². The van der Waals surface area contributed by atoms with Crippen LogP contribution in [-0.4, -0.2) is 15.2 Å². The standard InChI is InChI=1S/C5H8N2O2/c1-3(8)5-6-4(2)9-7-5/h3,8H,1-2H3/t3-/m0/s1. The quantitative estimate of drug-likeness (QED) is 0.595. The molecule has 0 saturated carbocycles. The molecule has 0 spiro atoms. The van der Waals surface area contributed by atoms with E-state index in [0.717, 1.165) is 0 Å². The third-order valence-corrected chi connectivity index (χ3v) is 0.917. The van der Waals surface area contributed by atoms with E-state index in [2.05, 4.69) is 14.7 Å². The lowest BCUT2D eigenvalue weighted by atomic mass is 10.4. The van der Waals surface area contributed by atoms with Crippen molar-refractivity contribution in [2.45, 2.75) is 20.0 Å². The van der Waals surface area contributed by atoms with Crippen LogP contribution < -0.4 is 0 Å². The molecule has 0 bridgehead atoms. The maximum Gasteiger partial charge on any atom is 0.223 e. The topological polar surface area (TPSA) is 59.2 Å². The summed E-state index contributed by atoms with van der Waals surface area (Å²) in [7, 11) is 0. The summed E-state index contributed by atoms with van der Waals surface area (Å²) in [4.78, 5) is 3.78. The lowest BCUT2D eigenvalue weighted by Gasteiger charge is -1.90. The Kier molecular flexibility index (Phi) is 1.48. The molecule has 0 aliphatic rings. The van der Waals surface area contributed by atoms with Crippen molar-refractivity contribution in [2.75, 3.05) is 0 Å². The number of aromatic nitrogens is 2. The summed E-state index contributed by atoms with van der Waals surface area (Å²) in [5.41, 5.74) is 0. The van der Waals surface area contributed by atoms with Gasteiger partial charge in [0, 0.05) is 6.92 Å². The molecule has 4 heteroatoms. The van der Waals surface area contributed by atoms with E-state index in [1.807, 2.05) is 0 Å². The zero-order chi connectivity index (χ0) is 6.85. The summed E-state index contributed by atoms with van der Waals surface area (Å²) in [5.74, 6) is 0.818. The Balaban J connectivity index is 2.85. The predicted molar refractivity (Wildman–Crippen MR) is 29.7 cm³/mol. The van der Waals surface area contributed by atoms with Gasteiger partial charge in [-0.1, -0.05) is 5.16 Å². The van der Waals surface area contributed by atoms with E-state index in [1.165, 1.54) is 0 Å². The van der Waals surface area contributed by atoms with E-state index in [0.29, 0.717) is 11.7 Å². The summed E-state index contributed by atoms with van der Waals surface area (Å²) < 4.78 is 4.60. The molecule has 1 aromatic rings. The van der Waals surface area contributed by atoms with Gasteiger partial charge < -0.3 is 9.63 Å². The van der Waals surface area contributed by atoms with Crippen LogP contribution in [-0.2, 0) is 0 Å². The summed E-state index contributed by atoms with van der Waals surface area (Å²) in [6.07, 6.45) is -0.637. The van der Waals surface area contributed by atoms with Crippen LogP contribution in [0.25, 0.3) is 0 Å². The van der Waals surface area contributed by atoms with Crippen molar-refractivity contribution in [1.29, 1.82) is 0 Å². The molecule has 4 nitrogen and oxygen atoms in total. The van der Waals surface area contributed by atoms with Crippen LogP contribution in [0.15, 0.2) is 4.52 Å². The second-order valence-corrected chi connectivity index (χ2v) is 1.85. The minimum absolute atomic E-state index is 0.340. The van der Waals surface area contributed by atoms with Gasteiger partial charge in [-0.15, -0.1) is 0 Å². The normalized spacial score (nSPS) is 13.7. The maximum atomic E-state index is 8.85. The van der Waals surface area contributed by atoms with Crippen LogP contribution in [0.1, 0.15) is 24.7 Å². The fourth-order valence-electron chi connectivity index (χ4n) is 0.485. The van der Waals surface area contributed by atoms with Crippen molar-refractivity contribution in [1.82, 2.24) is 10.1 Å². The van der Waals surface area contributed by atoms with Gasteiger partial charge in [0.25, 0.3) is 0 Å². The largest absolute Gasteiger partial charge is 0.385 e. The Bertz CT molecular complexity index is 195. The van der Waals surface area contributed by atoms with Gasteiger partial charge in [-0.3, -0.25) is 0 Å². The molecule has 0 saturated heterocycles. The van der Waals surface area contributed by atoms with Crippen molar-refractivity contribution in [3.63, 3.8) is 0 Å². The molecular weight excluding hydrogens is 120 g/mol. The van der Waals surface area contributed by atoms with E-state index < -0.39 is 6.10 Å². The summed E-state index contributed by atoms with van der Waals surface area (Å²) >= 11 is 0. The molecule has 1 N–H and O–H groups in total. The van der Waals surface area contributed by atoms with Gasteiger partial charge in [0.15, 0.2) is 5.82 Å². The van der Waals surface area contributed by atoms with Gasteiger partial charge in [-0.05, 0) is 6.92 Å². The lowest BCUT2D eigenvalue weighted by molar-refractivity contribution is 0.184. The van der Waals surface area contributed by atoms with Gasteiger partial charge in [0.2, 0.25) is 5.89 Å². The van der Waals surface area contributed by atoms with Crippen LogP contribution in [0.5, 0.6) is 0 Å². The first kappa shape index (κ1) is 6.22. The van der Waals surface area contributed by atoms with E-state index in [4.69, 9.17) is 5.11 Å². The average Bonchev–Trinajstić information content (AvgIpc) is 2.14. The number of hydrogen-bond donors (Lipinski definition) is 1. The van der Waals surface area contributed by atoms with Crippen molar-refractivity contribution < 1.29 is 9.63 Å². The molecule has 0 aliphatic heterocycles. The van der Waals surface area contributed by atoms with Crippen LogP contribution >= 0.6 is 0 Å². The van der Waals surface area contributed by atoms with Crippen LogP contribution in [0.4, 0.5) is 0 Å². The Labute approximate surface area is 52.5 Å². The van der Waals surface area contributed by atoms with Crippen LogP contribution in [0, 0.1) is 6.92 Å². The molecule has 1 rings (SSSR count). The van der Waals surface area contributed by atoms with E-state index in [9.17, 15) is 0 Å². The molecular formula is C5H8N2O2. The second kappa shape index (κ2) is 2.14. The third kappa shape index (κ3) is 1.26. The van der Waals surface area contributed by atoms with Gasteiger partial charge >= 0.3 is 0 Å². The fourth-order valence-corrected chi connectivity index (χ4v) is 0.485. The maximum absolute atomic E-state index is 8.85. The highest BCUT2D eigenvalue weighted by molar-refractivity contribution is 4.86. The Hall–Kier alpha value is -0.900. The fraction of sp³-hybridized carbons (Fsp3) is 0.600. The molecule has 0 amide bonds. The zero-order valence-corrected chi connectivity index (χ0v) is 5.33. The van der Waals surface area contributed by atoms with Crippen molar-refractivity contribution in [3.8, 4) is 0 Å². The van der Waals surface area contributed by atoms with Crippen molar-refractivity contribution >= 4 is 0 Å². The smallest absolute Gasteiger partial charge is 0.223 e. The predicted octanol–water partition coefficient (Wildman–Crippen LogP) is 0.431. The SMILES string of the molecule is Cc1nc([C@H](C)O)no1. The minimum atomic E-state index is -0.637. The molecule has 0 aliphatic carbocycles. The molecule has 9 heavy (non-hydrogen) atoms. The first-order valence-electron chi connectivity index (χ1n) is 2.68. The van der Waals surface area contributed by atoms with E-state index in [1.54, 1.807) is 13.8 Å². The average molecular weight is 128 g/mol.